The maximum atomic E-state index is 13.0. The molecule has 1 aliphatic rings. The van der Waals surface area contributed by atoms with E-state index in [4.69, 9.17) is 4.74 Å². The van der Waals surface area contributed by atoms with Gasteiger partial charge in [-0.2, -0.15) is 0 Å². The summed E-state index contributed by atoms with van der Waals surface area (Å²) in [6, 6.07) is 16.7. The molecule has 0 bridgehead atoms. The standard InChI is InChI=1S/C20H23N3O3/c1-20(16-10-7-11-17(12-16)26-3)18(24)23(19(25)21-20)14-22(2)13-15-8-5-4-6-9-15/h4-12H,13-14H2,1-3H3,(H,21,25)/t20-/m1/s1. The summed E-state index contributed by atoms with van der Waals surface area (Å²) >= 11 is 0. The minimum Gasteiger partial charge on any atom is -0.497 e. The molecule has 6 nitrogen and oxygen atoms in total. The van der Waals surface area contributed by atoms with Crippen molar-refractivity contribution in [2.45, 2.75) is 19.0 Å². The van der Waals surface area contributed by atoms with E-state index in [0.717, 1.165) is 5.56 Å². The molecule has 1 aliphatic heterocycles. The average Bonchev–Trinajstić information content (AvgIpc) is 2.87. The minimum absolute atomic E-state index is 0.221. The molecule has 0 unspecified atom stereocenters. The molecule has 1 atom stereocenters. The molecule has 0 aromatic heterocycles. The summed E-state index contributed by atoms with van der Waals surface area (Å²) in [6.07, 6.45) is 0. The zero-order valence-corrected chi connectivity index (χ0v) is 15.2. The number of nitrogens with zero attached hydrogens (tertiary/aromatic N) is 2. The molecule has 0 aliphatic carbocycles. The maximum Gasteiger partial charge on any atom is 0.326 e. The summed E-state index contributed by atoms with van der Waals surface area (Å²) in [4.78, 5) is 28.6. The second-order valence-corrected chi connectivity index (χ2v) is 6.66. The highest BCUT2D eigenvalue weighted by Gasteiger charge is 2.49. The van der Waals surface area contributed by atoms with Gasteiger partial charge in [0.05, 0.1) is 13.8 Å². The van der Waals surface area contributed by atoms with Crippen molar-refractivity contribution < 1.29 is 14.3 Å². The van der Waals surface area contributed by atoms with Crippen LogP contribution in [-0.2, 0) is 16.9 Å². The van der Waals surface area contributed by atoms with Crippen LogP contribution in [0.5, 0.6) is 5.75 Å². The van der Waals surface area contributed by atoms with Crippen LogP contribution in [0, 0.1) is 0 Å². The molecule has 2 aromatic rings. The van der Waals surface area contributed by atoms with Gasteiger partial charge in [-0.3, -0.25) is 9.69 Å². The van der Waals surface area contributed by atoms with Gasteiger partial charge < -0.3 is 10.1 Å². The van der Waals surface area contributed by atoms with Gasteiger partial charge in [0.25, 0.3) is 5.91 Å². The Hall–Kier alpha value is -2.86. The lowest BCUT2D eigenvalue weighted by Crippen LogP contribution is -2.42. The number of urea groups is 1. The van der Waals surface area contributed by atoms with E-state index >= 15 is 0 Å². The molecule has 2 aromatic carbocycles. The molecule has 1 saturated heterocycles. The topological polar surface area (TPSA) is 61.9 Å². The van der Waals surface area contributed by atoms with Crippen molar-refractivity contribution in [3.63, 3.8) is 0 Å². The van der Waals surface area contributed by atoms with Gasteiger partial charge in [-0.15, -0.1) is 0 Å². The number of imide groups is 1. The van der Waals surface area contributed by atoms with Crippen molar-refractivity contribution in [3.05, 3.63) is 65.7 Å². The van der Waals surface area contributed by atoms with Gasteiger partial charge in [0.2, 0.25) is 0 Å². The number of amides is 3. The third-order valence-electron chi connectivity index (χ3n) is 4.60. The molecule has 136 valence electrons. The van der Waals surface area contributed by atoms with Gasteiger partial charge >= 0.3 is 6.03 Å². The Labute approximate surface area is 153 Å². The normalized spacial score (nSPS) is 19.8. The van der Waals surface area contributed by atoms with E-state index in [1.165, 1.54) is 4.90 Å². The Morgan fingerprint density at radius 1 is 1.12 bits per heavy atom. The fourth-order valence-electron chi connectivity index (χ4n) is 3.14. The number of nitrogens with one attached hydrogen (secondary N) is 1. The number of ether oxygens (including phenoxy) is 1. The second kappa shape index (κ2) is 7.17. The summed E-state index contributed by atoms with van der Waals surface area (Å²) < 4.78 is 5.23. The van der Waals surface area contributed by atoms with Gasteiger partial charge in [0.1, 0.15) is 11.3 Å². The molecule has 1 fully saturated rings. The first-order valence-electron chi connectivity index (χ1n) is 8.45. The molecule has 26 heavy (non-hydrogen) atoms. The largest absolute Gasteiger partial charge is 0.497 e. The van der Waals surface area contributed by atoms with Crippen LogP contribution in [0.4, 0.5) is 4.79 Å². The Balaban J connectivity index is 1.75. The van der Waals surface area contributed by atoms with Crippen LogP contribution in [0.3, 0.4) is 0 Å². The molecule has 3 rings (SSSR count). The van der Waals surface area contributed by atoms with E-state index in [1.807, 2.05) is 54.4 Å². The van der Waals surface area contributed by atoms with Gasteiger partial charge in [0.15, 0.2) is 0 Å². The summed E-state index contributed by atoms with van der Waals surface area (Å²) in [5, 5.41) is 2.82. The third-order valence-corrected chi connectivity index (χ3v) is 4.60. The van der Waals surface area contributed by atoms with E-state index < -0.39 is 5.54 Å². The molecular formula is C20H23N3O3. The molecule has 0 radical (unpaired) electrons. The number of hydrogen-bond acceptors (Lipinski definition) is 4. The monoisotopic (exact) mass is 353 g/mol. The first-order valence-corrected chi connectivity index (χ1v) is 8.45. The quantitative estimate of drug-likeness (QED) is 0.811. The zero-order chi connectivity index (χ0) is 18.7. The SMILES string of the molecule is COc1cccc([C@@]2(C)NC(=O)N(CN(C)Cc3ccccc3)C2=O)c1. The summed E-state index contributed by atoms with van der Waals surface area (Å²) in [6.45, 7) is 2.59. The molecule has 6 heteroatoms. The Morgan fingerprint density at radius 3 is 2.54 bits per heavy atom. The Bertz CT molecular complexity index is 809. The highest BCUT2D eigenvalue weighted by Crippen LogP contribution is 2.30. The van der Waals surface area contributed by atoms with E-state index in [9.17, 15) is 9.59 Å². The molecule has 3 amide bonds. The van der Waals surface area contributed by atoms with Crippen molar-refractivity contribution in [2.24, 2.45) is 0 Å². The van der Waals surface area contributed by atoms with Crippen LogP contribution < -0.4 is 10.1 Å². The number of rotatable bonds is 6. The predicted molar refractivity (Wildman–Crippen MR) is 98.5 cm³/mol. The van der Waals surface area contributed by atoms with Crippen molar-refractivity contribution in [1.29, 1.82) is 0 Å². The predicted octanol–water partition coefficient (Wildman–Crippen LogP) is 2.55. The first-order chi connectivity index (χ1) is 12.4. The number of benzene rings is 2. The fourth-order valence-corrected chi connectivity index (χ4v) is 3.14. The average molecular weight is 353 g/mol. The number of hydrogen-bond donors (Lipinski definition) is 1. The maximum absolute atomic E-state index is 13.0. The van der Waals surface area contributed by atoms with Gasteiger partial charge in [-0.05, 0) is 37.2 Å². The minimum atomic E-state index is -1.10. The summed E-state index contributed by atoms with van der Waals surface area (Å²) in [5.74, 6) is 0.376. The smallest absolute Gasteiger partial charge is 0.326 e. The van der Waals surface area contributed by atoms with Crippen molar-refractivity contribution in [3.8, 4) is 5.75 Å². The van der Waals surface area contributed by atoms with E-state index in [2.05, 4.69) is 5.32 Å². The fraction of sp³-hybridized carbons (Fsp3) is 0.300. The van der Waals surface area contributed by atoms with Crippen LogP contribution in [-0.4, -0.2) is 42.6 Å². The molecule has 1 heterocycles. The van der Waals surface area contributed by atoms with Crippen LogP contribution in [0.2, 0.25) is 0 Å². The highest BCUT2D eigenvalue weighted by atomic mass is 16.5. The Kier molecular flexibility index (Phi) is 4.95. The van der Waals surface area contributed by atoms with Gasteiger partial charge in [0, 0.05) is 6.54 Å². The lowest BCUT2D eigenvalue weighted by molar-refractivity contribution is -0.132. The third kappa shape index (κ3) is 3.41. The van der Waals surface area contributed by atoms with E-state index in [0.29, 0.717) is 17.9 Å². The van der Waals surface area contributed by atoms with Gasteiger partial charge in [-0.25, -0.2) is 9.69 Å². The van der Waals surface area contributed by atoms with Crippen LogP contribution in [0.15, 0.2) is 54.6 Å². The van der Waals surface area contributed by atoms with Crippen LogP contribution >= 0.6 is 0 Å². The van der Waals surface area contributed by atoms with Crippen LogP contribution in [0.1, 0.15) is 18.1 Å². The van der Waals surface area contributed by atoms with Crippen molar-refractivity contribution in [1.82, 2.24) is 15.1 Å². The summed E-state index contributed by atoms with van der Waals surface area (Å²) in [7, 11) is 3.45. The van der Waals surface area contributed by atoms with Crippen molar-refractivity contribution >= 4 is 11.9 Å². The van der Waals surface area contributed by atoms with E-state index in [-0.39, 0.29) is 18.6 Å². The zero-order valence-electron chi connectivity index (χ0n) is 15.2. The number of methoxy groups -OCH3 is 1. The number of carbonyl (C=O) groups excluding carboxylic acids is 2. The van der Waals surface area contributed by atoms with Crippen molar-refractivity contribution in [2.75, 3.05) is 20.8 Å². The summed E-state index contributed by atoms with van der Waals surface area (Å²) in [5.41, 5.74) is 0.722. The lowest BCUT2D eigenvalue weighted by Gasteiger charge is -2.25. The molecular weight excluding hydrogens is 330 g/mol. The second-order valence-electron chi connectivity index (χ2n) is 6.66. The highest BCUT2D eigenvalue weighted by molar-refractivity contribution is 6.07. The molecule has 0 saturated carbocycles. The van der Waals surface area contributed by atoms with E-state index in [1.54, 1.807) is 26.2 Å². The molecule has 0 spiro atoms. The Morgan fingerprint density at radius 2 is 1.85 bits per heavy atom. The molecule has 1 N–H and O–H groups in total. The lowest BCUT2D eigenvalue weighted by atomic mass is 9.92. The first kappa shape index (κ1) is 17.9. The van der Waals surface area contributed by atoms with Gasteiger partial charge in [-0.1, -0.05) is 42.5 Å². The van der Waals surface area contributed by atoms with Crippen LogP contribution in [0.25, 0.3) is 0 Å². The number of carbonyl (C=O) groups is 2.